The largest absolute Gasteiger partial charge is 0.508 e. The smallest absolute Gasteiger partial charge is 0.227 e. The van der Waals surface area contributed by atoms with E-state index in [0.717, 1.165) is 18.4 Å². The van der Waals surface area contributed by atoms with Crippen LogP contribution in [0.15, 0.2) is 48.5 Å². The highest BCUT2D eigenvalue weighted by Crippen LogP contribution is 2.52. The maximum absolute atomic E-state index is 13.1. The summed E-state index contributed by atoms with van der Waals surface area (Å²) in [7, 11) is 1.98. The molecule has 1 fully saturated rings. The molecule has 1 unspecified atom stereocenters. The van der Waals surface area contributed by atoms with E-state index in [-0.39, 0.29) is 17.4 Å². The number of phenolic OH excluding ortho intramolecular Hbond substituents is 1. The number of hydrogen-bond donors (Lipinski definition) is 1. The first-order valence-corrected chi connectivity index (χ1v) is 10.0. The van der Waals surface area contributed by atoms with Gasteiger partial charge in [0.05, 0.1) is 6.42 Å². The molecule has 0 aromatic heterocycles. The Morgan fingerprint density at radius 2 is 1.96 bits per heavy atom. The summed E-state index contributed by atoms with van der Waals surface area (Å²) in [5, 5.41) is 10.1. The second-order valence-corrected chi connectivity index (χ2v) is 8.75. The molecule has 4 rings (SSSR count). The lowest BCUT2D eigenvalue weighted by Gasteiger charge is -2.56. The molecule has 0 spiro atoms. The summed E-state index contributed by atoms with van der Waals surface area (Å²) < 4.78 is 0. The van der Waals surface area contributed by atoms with Gasteiger partial charge in [-0.2, -0.15) is 0 Å². The van der Waals surface area contributed by atoms with Crippen LogP contribution < -0.4 is 0 Å². The highest BCUT2D eigenvalue weighted by molar-refractivity contribution is 5.79. The molecule has 2 aromatic carbocycles. The second kappa shape index (κ2) is 6.70. The monoisotopic (exact) mass is 363 g/mol. The molecule has 2 bridgehead atoms. The van der Waals surface area contributed by atoms with Crippen LogP contribution in [0.4, 0.5) is 0 Å². The van der Waals surface area contributed by atoms with Gasteiger partial charge in [-0.05, 0) is 59.9 Å². The van der Waals surface area contributed by atoms with E-state index in [0.29, 0.717) is 24.0 Å². The third-order valence-corrected chi connectivity index (χ3v) is 7.08. The van der Waals surface area contributed by atoms with Gasteiger partial charge in [-0.15, -0.1) is 0 Å². The van der Waals surface area contributed by atoms with Crippen LogP contribution in [0.25, 0.3) is 0 Å². The van der Waals surface area contributed by atoms with Crippen molar-refractivity contribution in [2.75, 3.05) is 7.05 Å². The van der Waals surface area contributed by atoms with E-state index >= 15 is 0 Å². The van der Waals surface area contributed by atoms with Crippen molar-refractivity contribution in [1.82, 2.24) is 4.90 Å². The van der Waals surface area contributed by atoms with Crippen molar-refractivity contribution in [2.45, 2.75) is 51.0 Å². The number of phenols is 1. The number of nitrogens with zero attached hydrogens (tertiary/aromatic N) is 1. The summed E-state index contributed by atoms with van der Waals surface area (Å²) in [4.78, 5) is 15.2. The summed E-state index contributed by atoms with van der Waals surface area (Å²) >= 11 is 0. The maximum Gasteiger partial charge on any atom is 0.227 e. The van der Waals surface area contributed by atoms with Gasteiger partial charge in [0.2, 0.25) is 5.91 Å². The van der Waals surface area contributed by atoms with Crippen LogP contribution in [0, 0.1) is 11.8 Å². The van der Waals surface area contributed by atoms with Crippen LogP contribution in [0.2, 0.25) is 0 Å². The van der Waals surface area contributed by atoms with Gasteiger partial charge in [0, 0.05) is 18.5 Å². The molecule has 0 saturated heterocycles. The van der Waals surface area contributed by atoms with Gasteiger partial charge in [0.25, 0.3) is 0 Å². The van der Waals surface area contributed by atoms with Crippen LogP contribution in [-0.4, -0.2) is 29.0 Å². The Kier molecular flexibility index (Phi) is 4.49. The SMILES string of the molecule is CC1CC[C@]2(C)c3cc(O)ccc3C[C@@H]1[C@@H]2N(C)C(=O)Cc1ccccc1. The normalized spacial score (nSPS) is 29.1. The van der Waals surface area contributed by atoms with E-state index in [1.165, 1.54) is 17.5 Å². The predicted molar refractivity (Wildman–Crippen MR) is 108 cm³/mol. The molecule has 0 aliphatic heterocycles. The van der Waals surface area contributed by atoms with Gasteiger partial charge < -0.3 is 10.0 Å². The quantitative estimate of drug-likeness (QED) is 0.882. The van der Waals surface area contributed by atoms with Crippen molar-refractivity contribution < 1.29 is 9.90 Å². The molecule has 0 heterocycles. The first kappa shape index (κ1) is 18.1. The van der Waals surface area contributed by atoms with Crippen LogP contribution in [0.5, 0.6) is 5.75 Å². The summed E-state index contributed by atoms with van der Waals surface area (Å²) in [5.41, 5.74) is 3.53. The highest BCUT2D eigenvalue weighted by Gasteiger charge is 2.52. The minimum Gasteiger partial charge on any atom is -0.508 e. The zero-order valence-corrected chi connectivity index (χ0v) is 16.5. The van der Waals surface area contributed by atoms with E-state index in [4.69, 9.17) is 0 Å². The van der Waals surface area contributed by atoms with Crippen LogP contribution >= 0.6 is 0 Å². The summed E-state index contributed by atoms with van der Waals surface area (Å²) in [5.74, 6) is 1.56. The molecular formula is C24H29NO2. The number of rotatable bonds is 3. The van der Waals surface area contributed by atoms with E-state index < -0.39 is 0 Å². The van der Waals surface area contributed by atoms with Crippen molar-refractivity contribution in [2.24, 2.45) is 11.8 Å². The van der Waals surface area contributed by atoms with Crippen molar-refractivity contribution >= 4 is 5.91 Å². The number of hydrogen-bond acceptors (Lipinski definition) is 2. The average Bonchev–Trinajstić information content (AvgIpc) is 2.66. The Labute approximate surface area is 162 Å². The lowest BCUT2D eigenvalue weighted by atomic mass is 9.54. The first-order chi connectivity index (χ1) is 12.9. The zero-order valence-electron chi connectivity index (χ0n) is 16.5. The average molecular weight is 364 g/mol. The van der Waals surface area contributed by atoms with Gasteiger partial charge in [0.1, 0.15) is 5.75 Å². The number of aromatic hydroxyl groups is 1. The Bertz CT molecular complexity index is 847. The van der Waals surface area contributed by atoms with E-state index in [2.05, 4.69) is 19.9 Å². The molecule has 2 aliphatic carbocycles. The fourth-order valence-corrected chi connectivity index (χ4v) is 5.57. The molecule has 142 valence electrons. The Hall–Kier alpha value is -2.29. The van der Waals surface area contributed by atoms with Crippen molar-refractivity contribution in [3.05, 3.63) is 65.2 Å². The lowest BCUT2D eigenvalue weighted by molar-refractivity contribution is -0.136. The minimum atomic E-state index is -0.107. The summed E-state index contributed by atoms with van der Waals surface area (Å²) in [6.45, 7) is 4.62. The Morgan fingerprint density at radius 3 is 2.70 bits per heavy atom. The van der Waals surface area contributed by atoms with Crippen molar-refractivity contribution in [3.8, 4) is 5.75 Å². The van der Waals surface area contributed by atoms with Crippen LogP contribution in [0.3, 0.4) is 0 Å². The number of benzene rings is 2. The lowest BCUT2D eigenvalue weighted by Crippen LogP contribution is -2.60. The fraction of sp³-hybridized carbons (Fsp3) is 0.458. The fourth-order valence-electron chi connectivity index (χ4n) is 5.57. The molecule has 0 radical (unpaired) electrons. The van der Waals surface area contributed by atoms with Gasteiger partial charge in [-0.25, -0.2) is 0 Å². The Morgan fingerprint density at radius 1 is 1.22 bits per heavy atom. The second-order valence-electron chi connectivity index (χ2n) is 8.75. The Balaban J connectivity index is 1.69. The van der Waals surface area contributed by atoms with Crippen LogP contribution in [-0.2, 0) is 23.1 Å². The molecule has 27 heavy (non-hydrogen) atoms. The summed E-state index contributed by atoms with van der Waals surface area (Å²) in [6, 6.07) is 16.0. The highest BCUT2D eigenvalue weighted by atomic mass is 16.3. The number of fused-ring (bicyclic) bond motifs is 4. The molecule has 1 saturated carbocycles. The third-order valence-electron chi connectivity index (χ3n) is 7.08. The zero-order chi connectivity index (χ0) is 19.2. The molecular weight excluding hydrogens is 334 g/mol. The first-order valence-electron chi connectivity index (χ1n) is 10.0. The molecule has 4 atom stereocenters. The third kappa shape index (κ3) is 3.03. The number of likely N-dealkylation sites (N-methyl/N-ethyl adjacent to an activating group) is 1. The van der Waals surface area contributed by atoms with Gasteiger partial charge in [-0.1, -0.05) is 50.2 Å². The van der Waals surface area contributed by atoms with Gasteiger partial charge >= 0.3 is 0 Å². The maximum atomic E-state index is 13.1. The molecule has 2 aliphatic rings. The predicted octanol–water partition coefficient (Wildman–Crippen LogP) is 4.32. The van der Waals surface area contributed by atoms with Gasteiger partial charge in [-0.3, -0.25) is 4.79 Å². The summed E-state index contributed by atoms with van der Waals surface area (Å²) in [6.07, 6.45) is 3.65. The molecule has 2 aromatic rings. The molecule has 1 N–H and O–H groups in total. The van der Waals surface area contributed by atoms with Crippen molar-refractivity contribution in [3.63, 3.8) is 0 Å². The topological polar surface area (TPSA) is 40.5 Å². The number of carbonyl (C=O) groups is 1. The standard InChI is InChI=1S/C24H29NO2/c1-16-11-12-24(2)21-15-19(26)10-9-18(21)14-20(16)23(24)25(3)22(27)13-17-7-5-4-6-8-17/h4-10,15-16,20,23,26H,11-14H2,1-3H3/t16?,20-,23-,24+/m0/s1. The van der Waals surface area contributed by atoms with Gasteiger partial charge in [0.15, 0.2) is 0 Å². The molecule has 1 amide bonds. The number of amides is 1. The number of carbonyl (C=O) groups excluding carboxylic acids is 1. The van der Waals surface area contributed by atoms with Crippen LogP contribution in [0.1, 0.15) is 43.4 Å². The van der Waals surface area contributed by atoms with E-state index in [1.54, 1.807) is 6.07 Å². The minimum absolute atomic E-state index is 0.107. The van der Waals surface area contributed by atoms with Crippen molar-refractivity contribution in [1.29, 1.82) is 0 Å². The molecule has 3 nitrogen and oxygen atoms in total. The van der Waals surface area contributed by atoms with E-state index in [9.17, 15) is 9.90 Å². The molecule has 3 heteroatoms. The van der Waals surface area contributed by atoms with E-state index in [1.807, 2.05) is 48.3 Å².